The van der Waals surface area contributed by atoms with Crippen molar-refractivity contribution in [3.63, 3.8) is 0 Å². The van der Waals surface area contributed by atoms with Gasteiger partial charge in [-0.05, 0) is 51.1 Å². The van der Waals surface area contributed by atoms with Crippen LogP contribution in [0.3, 0.4) is 0 Å². The molecule has 1 aromatic rings. The Bertz CT molecular complexity index is 554. The van der Waals surface area contributed by atoms with Gasteiger partial charge in [-0.2, -0.15) is 0 Å². The number of nitrogens with zero attached hydrogens (tertiary/aromatic N) is 1. The number of likely N-dealkylation sites (tertiary alicyclic amines) is 1. The van der Waals surface area contributed by atoms with Crippen LogP contribution in [0, 0.1) is 0 Å². The van der Waals surface area contributed by atoms with Gasteiger partial charge in [0, 0.05) is 36.8 Å². The Kier molecular flexibility index (Phi) is 7.21. The lowest BCUT2D eigenvalue weighted by Crippen LogP contribution is -2.32. The van der Waals surface area contributed by atoms with Crippen molar-refractivity contribution in [2.24, 2.45) is 5.73 Å². The van der Waals surface area contributed by atoms with Gasteiger partial charge in [-0.25, -0.2) is 0 Å². The highest BCUT2D eigenvalue weighted by molar-refractivity contribution is 5.94. The van der Waals surface area contributed by atoms with Crippen LogP contribution in [-0.4, -0.2) is 42.4 Å². The van der Waals surface area contributed by atoms with Gasteiger partial charge < -0.3 is 21.3 Å². The third kappa shape index (κ3) is 6.68. The lowest BCUT2D eigenvalue weighted by molar-refractivity contribution is -0.117. The lowest BCUT2D eigenvalue weighted by atomic mass is 10.1. The minimum atomic E-state index is -0.178. The Balaban J connectivity index is 1.80. The largest absolute Gasteiger partial charge is 0.327 e. The molecule has 2 rings (SSSR count). The van der Waals surface area contributed by atoms with Crippen LogP contribution in [-0.2, 0) is 9.59 Å². The van der Waals surface area contributed by atoms with Crippen molar-refractivity contribution >= 4 is 23.2 Å². The van der Waals surface area contributed by atoms with Crippen LogP contribution in [0.25, 0.3) is 0 Å². The predicted octanol–water partition coefficient (Wildman–Crippen LogP) is 2.18. The standard InChI is InChI=1S/C18H28N4O2/c1-14(19)12-18(24)21-16-7-5-6-15(13-16)20-17(23)8-11-22-9-3-2-4-10-22/h5-7,13-14H,2-4,8-12,19H2,1H3,(H,20,23)(H,21,24). The molecule has 132 valence electrons. The van der Waals surface area contributed by atoms with Gasteiger partial charge in [-0.3, -0.25) is 9.59 Å². The van der Waals surface area contributed by atoms with Crippen LogP contribution in [0.5, 0.6) is 0 Å². The molecule has 0 radical (unpaired) electrons. The molecule has 1 heterocycles. The molecule has 0 aliphatic carbocycles. The van der Waals surface area contributed by atoms with Crippen LogP contribution >= 0.6 is 0 Å². The fraction of sp³-hybridized carbons (Fsp3) is 0.556. The molecule has 6 heteroatoms. The predicted molar refractivity (Wildman–Crippen MR) is 96.9 cm³/mol. The van der Waals surface area contributed by atoms with E-state index in [1.54, 1.807) is 19.1 Å². The zero-order chi connectivity index (χ0) is 17.4. The van der Waals surface area contributed by atoms with Crippen molar-refractivity contribution in [3.05, 3.63) is 24.3 Å². The van der Waals surface area contributed by atoms with Gasteiger partial charge in [0.1, 0.15) is 0 Å². The highest BCUT2D eigenvalue weighted by Crippen LogP contribution is 2.16. The molecule has 1 aliphatic heterocycles. The summed E-state index contributed by atoms with van der Waals surface area (Å²) in [6.45, 7) is 4.78. The Morgan fingerprint density at radius 3 is 2.38 bits per heavy atom. The van der Waals surface area contributed by atoms with Crippen LogP contribution in [0.1, 0.15) is 39.0 Å². The third-order valence-electron chi connectivity index (χ3n) is 4.04. The Hall–Kier alpha value is -1.92. The number of hydrogen-bond donors (Lipinski definition) is 3. The van der Waals surface area contributed by atoms with Gasteiger partial charge in [0.25, 0.3) is 0 Å². The maximum Gasteiger partial charge on any atom is 0.225 e. The summed E-state index contributed by atoms with van der Waals surface area (Å²) in [4.78, 5) is 26.2. The van der Waals surface area contributed by atoms with Crippen molar-refractivity contribution in [2.75, 3.05) is 30.3 Å². The smallest absolute Gasteiger partial charge is 0.225 e. The molecule has 0 bridgehead atoms. The van der Waals surface area contributed by atoms with Gasteiger partial charge in [-0.1, -0.05) is 12.5 Å². The van der Waals surface area contributed by atoms with E-state index < -0.39 is 0 Å². The number of piperidine rings is 1. The molecule has 1 aromatic carbocycles. The first-order valence-corrected chi connectivity index (χ1v) is 8.70. The molecule has 0 aromatic heterocycles. The number of benzene rings is 1. The molecule has 1 unspecified atom stereocenters. The zero-order valence-corrected chi connectivity index (χ0v) is 14.4. The molecule has 1 saturated heterocycles. The van der Waals surface area contributed by atoms with Crippen molar-refractivity contribution in [3.8, 4) is 0 Å². The van der Waals surface area contributed by atoms with Gasteiger partial charge >= 0.3 is 0 Å². The minimum Gasteiger partial charge on any atom is -0.327 e. The maximum atomic E-state index is 12.1. The van der Waals surface area contributed by atoms with E-state index in [0.29, 0.717) is 17.8 Å². The molecule has 24 heavy (non-hydrogen) atoms. The molecule has 1 fully saturated rings. The number of rotatable bonds is 7. The summed E-state index contributed by atoms with van der Waals surface area (Å²) in [5, 5.41) is 5.69. The fourth-order valence-electron chi connectivity index (χ4n) is 2.85. The summed E-state index contributed by atoms with van der Waals surface area (Å²) < 4.78 is 0. The molecule has 6 nitrogen and oxygen atoms in total. The molecule has 0 spiro atoms. The SMILES string of the molecule is CC(N)CC(=O)Nc1cccc(NC(=O)CCN2CCCCC2)c1. The van der Waals surface area contributed by atoms with Gasteiger partial charge in [0.05, 0.1) is 0 Å². The van der Waals surface area contributed by atoms with Gasteiger partial charge in [-0.15, -0.1) is 0 Å². The molecule has 2 amide bonds. The number of nitrogens with two attached hydrogens (primary N) is 1. The first kappa shape index (κ1) is 18.4. The molecule has 0 saturated carbocycles. The van der Waals surface area contributed by atoms with Crippen molar-refractivity contribution < 1.29 is 9.59 Å². The number of amides is 2. The van der Waals surface area contributed by atoms with E-state index in [9.17, 15) is 9.59 Å². The van der Waals surface area contributed by atoms with E-state index in [1.807, 2.05) is 12.1 Å². The average molecular weight is 332 g/mol. The Morgan fingerprint density at radius 1 is 1.12 bits per heavy atom. The maximum absolute atomic E-state index is 12.1. The second-order valence-electron chi connectivity index (χ2n) is 6.51. The van der Waals surface area contributed by atoms with E-state index >= 15 is 0 Å². The topological polar surface area (TPSA) is 87.5 Å². The van der Waals surface area contributed by atoms with E-state index in [0.717, 1.165) is 19.6 Å². The fourth-order valence-corrected chi connectivity index (χ4v) is 2.85. The van der Waals surface area contributed by atoms with E-state index in [4.69, 9.17) is 5.73 Å². The number of hydrogen-bond acceptors (Lipinski definition) is 4. The molecular weight excluding hydrogens is 304 g/mol. The van der Waals surface area contributed by atoms with E-state index in [1.165, 1.54) is 19.3 Å². The van der Waals surface area contributed by atoms with Crippen molar-refractivity contribution in [2.45, 2.75) is 45.1 Å². The number of carbonyl (C=O) groups is 2. The molecule has 4 N–H and O–H groups in total. The van der Waals surface area contributed by atoms with Crippen LogP contribution in [0.2, 0.25) is 0 Å². The van der Waals surface area contributed by atoms with E-state index in [2.05, 4.69) is 15.5 Å². The van der Waals surface area contributed by atoms with Crippen molar-refractivity contribution in [1.82, 2.24) is 4.90 Å². The van der Waals surface area contributed by atoms with Crippen molar-refractivity contribution in [1.29, 1.82) is 0 Å². The highest BCUT2D eigenvalue weighted by Gasteiger charge is 2.12. The summed E-state index contributed by atoms with van der Waals surface area (Å²) >= 11 is 0. The average Bonchev–Trinajstić information content (AvgIpc) is 2.53. The lowest BCUT2D eigenvalue weighted by Gasteiger charge is -2.25. The summed E-state index contributed by atoms with van der Waals surface area (Å²) in [5.74, 6) is -0.127. The first-order valence-electron chi connectivity index (χ1n) is 8.70. The molecular formula is C18H28N4O2. The summed E-state index contributed by atoms with van der Waals surface area (Å²) in [5.41, 5.74) is 6.97. The monoisotopic (exact) mass is 332 g/mol. The Morgan fingerprint density at radius 2 is 1.75 bits per heavy atom. The third-order valence-corrected chi connectivity index (χ3v) is 4.04. The minimum absolute atomic E-state index is 0.000342. The van der Waals surface area contributed by atoms with Gasteiger partial charge in [0.15, 0.2) is 0 Å². The quantitative estimate of drug-likeness (QED) is 0.714. The second kappa shape index (κ2) is 9.39. The number of carbonyl (C=O) groups excluding carboxylic acids is 2. The van der Waals surface area contributed by atoms with Crippen LogP contribution in [0.15, 0.2) is 24.3 Å². The molecule has 1 atom stereocenters. The highest BCUT2D eigenvalue weighted by atomic mass is 16.2. The van der Waals surface area contributed by atoms with Crippen LogP contribution in [0.4, 0.5) is 11.4 Å². The number of nitrogens with one attached hydrogen (secondary N) is 2. The van der Waals surface area contributed by atoms with Crippen LogP contribution < -0.4 is 16.4 Å². The molecule has 1 aliphatic rings. The Labute approximate surface area is 143 Å². The first-order chi connectivity index (χ1) is 11.5. The van der Waals surface area contributed by atoms with Gasteiger partial charge in [0.2, 0.25) is 11.8 Å². The zero-order valence-electron chi connectivity index (χ0n) is 14.4. The summed E-state index contributed by atoms with van der Waals surface area (Å²) in [7, 11) is 0. The van der Waals surface area contributed by atoms with E-state index in [-0.39, 0.29) is 24.3 Å². The normalized spacial score (nSPS) is 16.4. The number of anilines is 2. The second-order valence-corrected chi connectivity index (χ2v) is 6.51. The summed E-state index contributed by atoms with van der Waals surface area (Å²) in [6, 6.07) is 7.00. The summed E-state index contributed by atoms with van der Waals surface area (Å²) in [6.07, 6.45) is 4.51.